The summed E-state index contributed by atoms with van der Waals surface area (Å²) in [5.74, 6) is 0. The molecule has 1 heterocycles. The van der Waals surface area contributed by atoms with Gasteiger partial charge >= 0.3 is 236 Å². The van der Waals surface area contributed by atoms with Crippen molar-refractivity contribution < 1.29 is 8.42 Å². The van der Waals surface area contributed by atoms with E-state index in [9.17, 15) is 8.42 Å². The zero-order chi connectivity index (χ0) is 27.0. The number of sulfone groups is 1. The van der Waals surface area contributed by atoms with Gasteiger partial charge in [-0.25, -0.2) is 0 Å². The Morgan fingerprint density at radius 1 is 0.692 bits per heavy atom. The van der Waals surface area contributed by atoms with Crippen molar-refractivity contribution in [1.29, 1.82) is 0 Å². The molecule has 0 unspecified atom stereocenters. The van der Waals surface area contributed by atoms with Gasteiger partial charge in [-0.2, -0.15) is 0 Å². The Labute approximate surface area is 235 Å². The summed E-state index contributed by atoms with van der Waals surface area (Å²) in [7, 11) is -3.82. The zero-order valence-electron chi connectivity index (χ0n) is 21.7. The number of nitrogens with zero attached hydrogens (tertiary/aromatic N) is 1. The molecule has 192 valence electrons. The molecular formula is C34H27NO2SSe. The number of aryl methyl sites for hydroxylation is 2. The molecule has 0 bridgehead atoms. The molecule has 0 saturated heterocycles. The van der Waals surface area contributed by atoms with E-state index in [2.05, 4.69) is 60.7 Å². The molecule has 0 aliphatic carbocycles. The average molecular weight is 593 g/mol. The zero-order valence-corrected chi connectivity index (χ0v) is 24.2. The van der Waals surface area contributed by atoms with E-state index in [4.69, 9.17) is 0 Å². The van der Waals surface area contributed by atoms with E-state index in [0.717, 1.165) is 32.2 Å². The number of rotatable bonds is 6. The molecule has 6 rings (SSSR count). The van der Waals surface area contributed by atoms with Gasteiger partial charge in [0.2, 0.25) is 0 Å². The molecule has 6 aromatic rings. The summed E-state index contributed by atoms with van der Waals surface area (Å²) in [4.78, 5) is 0.303. The van der Waals surface area contributed by atoms with Crippen LogP contribution in [0.3, 0.4) is 0 Å². The van der Waals surface area contributed by atoms with E-state index in [1.165, 1.54) is 15.2 Å². The number of hydrogen-bond acceptors (Lipinski definition) is 2. The van der Waals surface area contributed by atoms with Crippen molar-refractivity contribution in [2.75, 3.05) is 0 Å². The van der Waals surface area contributed by atoms with Crippen molar-refractivity contribution in [1.82, 2.24) is 4.57 Å². The molecule has 0 aliphatic rings. The standard InChI is InChI=1S/C34H27NO2SSe/c1-24-19-21-28(22-20-24)38(36,37)34-25(2)29-15-8-9-17-31(29)35(34)33(23-26-11-4-3-5-12-26)39-32-18-10-14-27-13-6-7-16-30(27)32/h3-23H,1-2H3/b33-23+. The predicted molar refractivity (Wildman–Crippen MR) is 163 cm³/mol. The van der Waals surface area contributed by atoms with Gasteiger partial charge in [0, 0.05) is 0 Å². The van der Waals surface area contributed by atoms with E-state index < -0.39 is 9.84 Å². The number of para-hydroxylation sites is 1. The maximum absolute atomic E-state index is 14.3. The number of aromatic nitrogens is 1. The van der Waals surface area contributed by atoms with Crippen LogP contribution in [0, 0.1) is 13.8 Å². The molecule has 5 heteroatoms. The van der Waals surface area contributed by atoms with Crippen molar-refractivity contribution in [2.45, 2.75) is 23.8 Å². The second-order valence-electron chi connectivity index (χ2n) is 9.57. The van der Waals surface area contributed by atoms with E-state index in [1.807, 2.05) is 73.0 Å². The van der Waals surface area contributed by atoms with Crippen molar-refractivity contribution in [3.05, 3.63) is 138 Å². The third kappa shape index (κ3) is 4.74. The van der Waals surface area contributed by atoms with E-state index in [-0.39, 0.29) is 15.0 Å². The first kappa shape index (κ1) is 25.4. The second kappa shape index (κ2) is 10.3. The molecule has 39 heavy (non-hydrogen) atoms. The Hall–Kier alpha value is -3.89. The fourth-order valence-corrected chi connectivity index (χ4v) is 9.17. The van der Waals surface area contributed by atoms with Crippen LogP contribution in [-0.4, -0.2) is 27.9 Å². The number of hydrogen-bond donors (Lipinski definition) is 0. The van der Waals surface area contributed by atoms with Crippen molar-refractivity contribution in [3.63, 3.8) is 0 Å². The Kier molecular flexibility index (Phi) is 6.74. The van der Waals surface area contributed by atoms with Gasteiger partial charge in [-0.15, -0.1) is 0 Å². The van der Waals surface area contributed by atoms with Crippen LogP contribution in [0.25, 0.3) is 32.3 Å². The summed E-state index contributed by atoms with van der Waals surface area (Å²) in [5, 5.41) is 3.64. The van der Waals surface area contributed by atoms with Gasteiger partial charge < -0.3 is 0 Å². The molecule has 0 fully saturated rings. The van der Waals surface area contributed by atoms with Crippen LogP contribution in [0.15, 0.2) is 131 Å². The van der Waals surface area contributed by atoms with Gasteiger partial charge in [0.05, 0.1) is 0 Å². The monoisotopic (exact) mass is 593 g/mol. The van der Waals surface area contributed by atoms with Crippen LogP contribution in [-0.2, 0) is 9.84 Å². The first-order chi connectivity index (χ1) is 18.9. The molecule has 0 saturated carbocycles. The van der Waals surface area contributed by atoms with Crippen molar-refractivity contribution >= 4 is 61.6 Å². The van der Waals surface area contributed by atoms with Crippen LogP contribution in [0.4, 0.5) is 0 Å². The Morgan fingerprint density at radius 2 is 1.33 bits per heavy atom. The summed E-state index contributed by atoms with van der Waals surface area (Å²) in [6.07, 6.45) is 2.14. The topological polar surface area (TPSA) is 39.1 Å². The fraction of sp³-hybridized carbons (Fsp3) is 0.0588. The van der Waals surface area contributed by atoms with Gasteiger partial charge in [0.25, 0.3) is 0 Å². The molecule has 0 aliphatic heterocycles. The van der Waals surface area contributed by atoms with Gasteiger partial charge in [-0.05, 0) is 0 Å². The third-order valence-corrected chi connectivity index (χ3v) is 11.1. The molecule has 1 aromatic heterocycles. The Balaban J connectivity index is 1.66. The maximum atomic E-state index is 14.3. The molecule has 5 aromatic carbocycles. The van der Waals surface area contributed by atoms with E-state index in [1.54, 1.807) is 12.1 Å². The van der Waals surface area contributed by atoms with Crippen LogP contribution < -0.4 is 4.46 Å². The quantitative estimate of drug-likeness (QED) is 0.192. The minimum absolute atomic E-state index is 0.206. The SMILES string of the molecule is Cc1ccc(S(=O)(=O)c2c(C)c3ccccc3n2/C(=C\c2ccccc2)[Se]c2cccc3ccccc23)cc1. The van der Waals surface area contributed by atoms with Crippen LogP contribution in [0.5, 0.6) is 0 Å². The first-order valence-electron chi connectivity index (χ1n) is 12.8. The predicted octanol–water partition coefficient (Wildman–Crippen LogP) is 7.23. The molecule has 3 nitrogen and oxygen atoms in total. The normalized spacial score (nSPS) is 12.3. The van der Waals surface area contributed by atoms with Gasteiger partial charge in [0.1, 0.15) is 0 Å². The molecular weight excluding hydrogens is 565 g/mol. The Bertz CT molecular complexity index is 1950. The summed E-state index contributed by atoms with van der Waals surface area (Å²) in [6, 6.07) is 40.0. The van der Waals surface area contributed by atoms with Crippen molar-refractivity contribution in [2.24, 2.45) is 0 Å². The number of fused-ring (bicyclic) bond motifs is 2. The van der Waals surface area contributed by atoms with Crippen LogP contribution >= 0.6 is 0 Å². The van der Waals surface area contributed by atoms with E-state index in [0.29, 0.717) is 9.92 Å². The second-order valence-corrected chi connectivity index (χ2v) is 13.7. The first-order valence-corrected chi connectivity index (χ1v) is 16.0. The molecule has 0 atom stereocenters. The van der Waals surface area contributed by atoms with Crippen LogP contribution in [0.2, 0.25) is 0 Å². The summed E-state index contributed by atoms with van der Waals surface area (Å²) < 4.78 is 32.8. The number of benzene rings is 5. The van der Waals surface area contributed by atoms with Crippen LogP contribution in [0.1, 0.15) is 16.7 Å². The summed E-state index contributed by atoms with van der Waals surface area (Å²) in [5.41, 5.74) is 3.71. The minimum atomic E-state index is -3.82. The van der Waals surface area contributed by atoms with Gasteiger partial charge in [-0.3, -0.25) is 0 Å². The third-order valence-electron chi connectivity index (χ3n) is 6.93. The summed E-state index contributed by atoms with van der Waals surface area (Å²) in [6.45, 7) is 3.89. The molecule has 0 amide bonds. The molecule has 0 radical (unpaired) electrons. The van der Waals surface area contributed by atoms with Gasteiger partial charge in [0.15, 0.2) is 0 Å². The fourth-order valence-electron chi connectivity index (χ4n) is 4.98. The van der Waals surface area contributed by atoms with Gasteiger partial charge in [-0.1, -0.05) is 0 Å². The molecule has 0 N–H and O–H groups in total. The Morgan fingerprint density at radius 3 is 2.10 bits per heavy atom. The van der Waals surface area contributed by atoms with Crippen molar-refractivity contribution in [3.8, 4) is 0 Å². The molecule has 0 spiro atoms. The van der Waals surface area contributed by atoms with E-state index >= 15 is 0 Å². The summed E-state index contributed by atoms with van der Waals surface area (Å²) >= 11 is -0.206. The average Bonchev–Trinajstić information content (AvgIpc) is 3.27.